The van der Waals surface area contributed by atoms with Crippen molar-refractivity contribution in [1.29, 1.82) is 0 Å². The van der Waals surface area contributed by atoms with Crippen LogP contribution in [0.15, 0.2) is 29.0 Å². The van der Waals surface area contributed by atoms with Gasteiger partial charge in [-0.2, -0.15) is 18.3 Å². The van der Waals surface area contributed by atoms with Gasteiger partial charge in [-0.25, -0.2) is 0 Å². The summed E-state index contributed by atoms with van der Waals surface area (Å²) in [6, 6.07) is 5.43. The van der Waals surface area contributed by atoms with E-state index < -0.39 is 12.7 Å². The number of carbonyl (C=O) groups is 1. The zero-order valence-electron chi connectivity index (χ0n) is 16.1. The Labute approximate surface area is 187 Å². The fraction of sp³-hybridized carbons (Fsp3) is 0.474. The van der Waals surface area contributed by atoms with Gasteiger partial charge < -0.3 is 10.2 Å². The van der Waals surface area contributed by atoms with Gasteiger partial charge in [0.05, 0.1) is 21.3 Å². The predicted octanol–water partition coefficient (Wildman–Crippen LogP) is 4.18. The molecule has 1 saturated carbocycles. The molecule has 0 spiro atoms. The molecule has 164 valence electrons. The SMILES string of the molecule is O=C(c1cc2c(cnn2CC(F)(F)F)s1)N1C[C@@H]2CC[C@@H](Nc3ccc(Br)nn3)[C@@H]2C1. The molecular weight excluding hydrogens is 497 g/mol. The van der Waals surface area contributed by atoms with Crippen molar-refractivity contribution < 1.29 is 18.0 Å². The Morgan fingerprint density at radius 2 is 2.10 bits per heavy atom. The molecule has 1 N–H and O–H groups in total. The number of alkyl halides is 3. The van der Waals surface area contributed by atoms with Crippen LogP contribution >= 0.6 is 27.3 Å². The van der Waals surface area contributed by atoms with Crippen LogP contribution in [0.3, 0.4) is 0 Å². The number of fused-ring (bicyclic) bond motifs is 2. The minimum atomic E-state index is -4.36. The lowest BCUT2D eigenvalue weighted by molar-refractivity contribution is -0.141. The number of thiophene rings is 1. The minimum absolute atomic E-state index is 0.128. The average Bonchev–Trinajstić information content (AvgIpc) is 3.45. The van der Waals surface area contributed by atoms with Crippen molar-refractivity contribution in [3.05, 3.63) is 33.9 Å². The van der Waals surface area contributed by atoms with Gasteiger partial charge in [0.25, 0.3) is 5.91 Å². The second-order valence-corrected chi connectivity index (χ2v) is 9.88. The Hall–Kier alpha value is -2.21. The van der Waals surface area contributed by atoms with E-state index in [9.17, 15) is 18.0 Å². The molecule has 1 aliphatic heterocycles. The number of aromatic nitrogens is 4. The van der Waals surface area contributed by atoms with Gasteiger partial charge in [-0.05, 0) is 52.9 Å². The van der Waals surface area contributed by atoms with Gasteiger partial charge in [-0.1, -0.05) is 0 Å². The molecular formula is C19H18BrF3N6OS. The van der Waals surface area contributed by atoms with Gasteiger partial charge in [0, 0.05) is 25.0 Å². The van der Waals surface area contributed by atoms with Crippen LogP contribution in [0.1, 0.15) is 22.5 Å². The maximum Gasteiger partial charge on any atom is 0.408 e. The van der Waals surface area contributed by atoms with E-state index in [2.05, 4.69) is 36.5 Å². The van der Waals surface area contributed by atoms with Crippen LogP contribution in [0.2, 0.25) is 0 Å². The van der Waals surface area contributed by atoms with E-state index in [1.54, 1.807) is 0 Å². The summed E-state index contributed by atoms with van der Waals surface area (Å²) >= 11 is 4.46. The first-order valence-electron chi connectivity index (χ1n) is 9.84. The van der Waals surface area contributed by atoms with E-state index in [4.69, 9.17) is 0 Å². The Bertz CT molecular complexity index is 1110. The van der Waals surface area contributed by atoms with Gasteiger partial charge in [-0.15, -0.1) is 21.5 Å². The largest absolute Gasteiger partial charge is 0.408 e. The standard InChI is InChI=1S/C19H18BrF3N6OS/c20-16-3-4-17(27-26-16)25-12-2-1-10-7-28(8-11(10)12)18(30)14-5-13-15(31-14)6-24-29(13)9-19(21,22)23/h3-6,10-12H,1-2,7-9H2,(H,25,27)/t10-,11+,12+/m0/s1. The molecule has 0 bridgehead atoms. The summed E-state index contributed by atoms with van der Waals surface area (Å²) in [5, 5.41) is 15.4. The molecule has 1 amide bonds. The predicted molar refractivity (Wildman–Crippen MR) is 113 cm³/mol. The molecule has 0 aromatic carbocycles. The molecule has 1 aliphatic carbocycles. The zero-order chi connectivity index (χ0) is 21.8. The maximum atomic E-state index is 13.1. The van der Waals surface area contributed by atoms with Crippen molar-refractivity contribution in [2.45, 2.75) is 31.6 Å². The fourth-order valence-corrected chi connectivity index (χ4v) is 5.83. The molecule has 0 radical (unpaired) electrons. The van der Waals surface area contributed by atoms with Crippen molar-refractivity contribution in [2.75, 3.05) is 18.4 Å². The Morgan fingerprint density at radius 1 is 1.26 bits per heavy atom. The number of hydrogen-bond donors (Lipinski definition) is 1. The Kier molecular flexibility index (Phi) is 5.16. The molecule has 7 nitrogen and oxygen atoms in total. The number of nitrogens with zero attached hydrogens (tertiary/aromatic N) is 5. The third-order valence-corrected chi connectivity index (χ3v) is 7.45. The quantitative estimate of drug-likeness (QED) is 0.565. The smallest absolute Gasteiger partial charge is 0.365 e. The van der Waals surface area contributed by atoms with E-state index in [-0.39, 0.29) is 11.9 Å². The van der Waals surface area contributed by atoms with E-state index >= 15 is 0 Å². The van der Waals surface area contributed by atoms with Crippen molar-refractivity contribution in [1.82, 2.24) is 24.9 Å². The van der Waals surface area contributed by atoms with Crippen LogP contribution in [-0.2, 0) is 6.54 Å². The summed E-state index contributed by atoms with van der Waals surface area (Å²) in [7, 11) is 0. The van der Waals surface area contributed by atoms with Crippen LogP contribution in [0, 0.1) is 11.8 Å². The molecule has 4 heterocycles. The van der Waals surface area contributed by atoms with Gasteiger partial charge >= 0.3 is 6.18 Å². The van der Waals surface area contributed by atoms with Crippen molar-refractivity contribution >= 4 is 49.2 Å². The normalized spacial score (nSPS) is 23.5. The summed E-state index contributed by atoms with van der Waals surface area (Å²) < 4.78 is 40.4. The molecule has 31 heavy (non-hydrogen) atoms. The zero-order valence-corrected chi connectivity index (χ0v) is 18.5. The van der Waals surface area contributed by atoms with E-state index in [0.29, 0.717) is 50.4 Å². The highest BCUT2D eigenvalue weighted by atomic mass is 79.9. The lowest BCUT2D eigenvalue weighted by atomic mass is 9.98. The van der Waals surface area contributed by atoms with Crippen LogP contribution < -0.4 is 5.32 Å². The van der Waals surface area contributed by atoms with Gasteiger partial charge in [0.15, 0.2) is 0 Å². The minimum Gasteiger partial charge on any atom is -0.365 e. The number of halogens is 4. The van der Waals surface area contributed by atoms with E-state index in [1.165, 1.54) is 23.6 Å². The van der Waals surface area contributed by atoms with Crippen LogP contribution in [-0.4, -0.2) is 56.1 Å². The van der Waals surface area contributed by atoms with Gasteiger partial charge in [0.2, 0.25) is 0 Å². The van der Waals surface area contributed by atoms with Gasteiger partial charge in [-0.3, -0.25) is 9.48 Å². The van der Waals surface area contributed by atoms with Crippen LogP contribution in [0.25, 0.3) is 10.2 Å². The van der Waals surface area contributed by atoms with Gasteiger partial charge in [0.1, 0.15) is 17.0 Å². The first-order chi connectivity index (χ1) is 14.8. The maximum absolute atomic E-state index is 13.1. The van der Waals surface area contributed by atoms with E-state index in [0.717, 1.165) is 17.5 Å². The fourth-order valence-electron chi connectivity index (χ4n) is 4.62. The third kappa shape index (κ3) is 4.14. The number of likely N-dealkylation sites (tertiary alicyclic amines) is 1. The molecule has 1 saturated heterocycles. The monoisotopic (exact) mass is 514 g/mol. The third-order valence-electron chi connectivity index (χ3n) is 5.98. The molecule has 3 atom stereocenters. The number of rotatable bonds is 4. The second-order valence-electron chi connectivity index (χ2n) is 7.98. The van der Waals surface area contributed by atoms with Crippen molar-refractivity contribution in [3.63, 3.8) is 0 Å². The Balaban J connectivity index is 1.28. The summed E-state index contributed by atoms with van der Waals surface area (Å²) in [6.45, 7) is 0.117. The molecule has 3 aromatic rings. The summed E-state index contributed by atoms with van der Waals surface area (Å²) in [5.41, 5.74) is 0.346. The lowest BCUT2D eigenvalue weighted by Gasteiger charge is -2.21. The summed E-state index contributed by atoms with van der Waals surface area (Å²) in [5.74, 6) is 1.29. The molecule has 3 aromatic heterocycles. The first kappa shape index (κ1) is 20.7. The molecule has 0 unspecified atom stereocenters. The van der Waals surface area contributed by atoms with E-state index in [1.807, 2.05) is 17.0 Å². The van der Waals surface area contributed by atoms with Crippen LogP contribution in [0.4, 0.5) is 19.0 Å². The number of hydrogen-bond acceptors (Lipinski definition) is 6. The summed E-state index contributed by atoms with van der Waals surface area (Å²) in [4.78, 5) is 15.4. The molecule has 12 heteroatoms. The van der Waals surface area contributed by atoms with Crippen LogP contribution in [0.5, 0.6) is 0 Å². The first-order valence-corrected chi connectivity index (χ1v) is 11.4. The van der Waals surface area contributed by atoms with Crippen molar-refractivity contribution in [2.24, 2.45) is 11.8 Å². The number of carbonyl (C=O) groups excluding carboxylic acids is 1. The highest BCUT2D eigenvalue weighted by molar-refractivity contribution is 9.10. The summed E-state index contributed by atoms with van der Waals surface area (Å²) in [6.07, 6.45) is -0.951. The number of amides is 1. The lowest BCUT2D eigenvalue weighted by Crippen LogP contribution is -2.33. The molecule has 2 aliphatic rings. The second kappa shape index (κ2) is 7.73. The highest BCUT2D eigenvalue weighted by Crippen LogP contribution is 2.40. The molecule has 2 fully saturated rings. The number of anilines is 1. The molecule has 5 rings (SSSR count). The number of nitrogens with one attached hydrogen (secondary N) is 1. The Morgan fingerprint density at radius 3 is 2.84 bits per heavy atom. The average molecular weight is 515 g/mol. The topological polar surface area (TPSA) is 75.9 Å². The highest BCUT2D eigenvalue weighted by Gasteiger charge is 2.44. The van der Waals surface area contributed by atoms with Crippen molar-refractivity contribution in [3.8, 4) is 0 Å².